The van der Waals surface area contributed by atoms with Gasteiger partial charge in [0.05, 0.1) is 12.7 Å². The summed E-state index contributed by atoms with van der Waals surface area (Å²) in [4.78, 5) is 0. The van der Waals surface area contributed by atoms with Gasteiger partial charge >= 0.3 is 0 Å². The first kappa shape index (κ1) is 16.5. The van der Waals surface area contributed by atoms with Crippen LogP contribution in [-0.2, 0) is 4.74 Å². The van der Waals surface area contributed by atoms with Gasteiger partial charge < -0.3 is 10.5 Å². The van der Waals surface area contributed by atoms with E-state index in [4.69, 9.17) is 22.1 Å². The van der Waals surface area contributed by atoms with Gasteiger partial charge in [-0.2, -0.15) is 0 Å². The third kappa shape index (κ3) is 5.52. The first-order chi connectivity index (χ1) is 9.22. The highest BCUT2D eigenvalue weighted by Crippen LogP contribution is 2.26. The summed E-state index contributed by atoms with van der Waals surface area (Å²) < 4.78 is 6.00. The number of unbranched alkanes of at least 4 members (excludes halogenated alkanes) is 1. The number of hydrogen-bond acceptors (Lipinski definition) is 2. The van der Waals surface area contributed by atoms with E-state index in [-0.39, 0.29) is 6.10 Å². The van der Waals surface area contributed by atoms with Crippen molar-refractivity contribution < 1.29 is 4.74 Å². The van der Waals surface area contributed by atoms with Crippen LogP contribution in [0.25, 0.3) is 0 Å². The Labute approximate surface area is 122 Å². The molecule has 2 atom stereocenters. The molecule has 19 heavy (non-hydrogen) atoms. The molecule has 1 aromatic rings. The van der Waals surface area contributed by atoms with Crippen LogP contribution in [0.5, 0.6) is 0 Å². The van der Waals surface area contributed by atoms with Crippen LogP contribution in [-0.4, -0.2) is 13.2 Å². The minimum Gasteiger partial charge on any atom is -0.372 e. The van der Waals surface area contributed by atoms with E-state index in [0.29, 0.717) is 12.5 Å². The number of halogens is 1. The zero-order valence-corrected chi connectivity index (χ0v) is 12.8. The Morgan fingerprint density at radius 3 is 2.58 bits per heavy atom. The van der Waals surface area contributed by atoms with E-state index in [1.54, 1.807) is 0 Å². The van der Waals surface area contributed by atoms with Gasteiger partial charge in [0.15, 0.2) is 0 Å². The summed E-state index contributed by atoms with van der Waals surface area (Å²) >= 11 is 6.19. The zero-order valence-electron chi connectivity index (χ0n) is 12.1. The molecule has 0 radical (unpaired) electrons. The topological polar surface area (TPSA) is 35.2 Å². The summed E-state index contributed by atoms with van der Waals surface area (Å²) in [6, 6.07) is 7.78. The predicted octanol–water partition coefficient (Wildman–Crippen LogP) is 4.57. The highest BCUT2D eigenvalue weighted by molar-refractivity contribution is 6.31. The van der Waals surface area contributed by atoms with Crippen molar-refractivity contribution in [2.75, 3.05) is 13.2 Å². The lowest BCUT2D eigenvalue weighted by molar-refractivity contribution is 0.0300. The molecule has 0 amide bonds. The summed E-state index contributed by atoms with van der Waals surface area (Å²) in [5.41, 5.74) is 6.82. The highest BCUT2D eigenvalue weighted by Gasteiger charge is 2.15. The molecule has 0 aliphatic heterocycles. The van der Waals surface area contributed by atoms with Gasteiger partial charge in [0.1, 0.15) is 0 Å². The predicted molar refractivity (Wildman–Crippen MR) is 82.5 cm³/mol. The molecule has 0 spiro atoms. The smallest absolute Gasteiger partial charge is 0.0961 e. The van der Waals surface area contributed by atoms with E-state index >= 15 is 0 Å². The second-order valence-corrected chi connectivity index (χ2v) is 5.40. The van der Waals surface area contributed by atoms with Crippen LogP contribution >= 0.6 is 11.6 Å². The lowest BCUT2D eigenvalue weighted by Gasteiger charge is -2.21. The molecular weight excluding hydrogens is 258 g/mol. The van der Waals surface area contributed by atoms with Crippen molar-refractivity contribution in [3.05, 3.63) is 34.9 Å². The normalized spacial score (nSPS) is 14.3. The van der Waals surface area contributed by atoms with Crippen LogP contribution in [0.1, 0.15) is 51.2 Å². The first-order valence-electron chi connectivity index (χ1n) is 7.28. The van der Waals surface area contributed by atoms with E-state index < -0.39 is 0 Å². The van der Waals surface area contributed by atoms with E-state index in [1.807, 2.05) is 24.3 Å². The monoisotopic (exact) mass is 283 g/mol. The molecular formula is C16H26ClNO. The van der Waals surface area contributed by atoms with Crippen LogP contribution < -0.4 is 5.73 Å². The van der Waals surface area contributed by atoms with Crippen molar-refractivity contribution in [2.45, 2.75) is 45.6 Å². The number of benzene rings is 1. The molecule has 2 unspecified atom stereocenters. The minimum atomic E-state index is -0.0932. The van der Waals surface area contributed by atoms with Gasteiger partial charge in [0, 0.05) is 17.1 Å². The van der Waals surface area contributed by atoms with Gasteiger partial charge in [-0.3, -0.25) is 0 Å². The minimum absolute atomic E-state index is 0.0932. The Balaban J connectivity index is 2.55. The van der Waals surface area contributed by atoms with Gasteiger partial charge in [0.2, 0.25) is 0 Å². The molecule has 1 rings (SSSR count). The van der Waals surface area contributed by atoms with Crippen LogP contribution in [0, 0.1) is 5.92 Å². The standard InChI is InChI=1S/C16H26ClNO/c1-3-5-8-13(4-2)12-19-16(11-18)14-9-6-7-10-15(14)17/h6-7,9-10,13,16H,3-5,8,11-12,18H2,1-2H3. The Morgan fingerprint density at radius 2 is 2.00 bits per heavy atom. The fourth-order valence-corrected chi connectivity index (χ4v) is 2.43. The Hall–Kier alpha value is -0.570. The van der Waals surface area contributed by atoms with Gasteiger partial charge in [0.25, 0.3) is 0 Å². The molecule has 3 heteroatoms. The molecule has 2 N–H and O–H groups in total. The highest BCUT2D eigenvalue weighted by atomic mass is 35.5. The Kier molecular flexibility index (Phi) is 8.11. The molecule has 0 saturated heterocycles. The third-order valence-corrected chi connectivity index (χ3v) is 3.89. The zero-order chi connectivity index (χ0) is 14.1. The summed E-state index contributed by atoms with van der Waals surface area (Å²) in [6.07, 6.45) is 4.79. The van der Waals surface area contributed by atoms with Crippen LogP contribution in [0.2, 0.25) is 5.02 Å². The molecule has 1 aromatic carbocycles. The molecule has 108 valence electrons. The van der Waals surface area contributed by atoms with Gasteiger partial charge in [-0.05, 0) is 18.4 Å². The van der Waals surface area contributed by atoms with Gasteiger partial charge in [-0.25, -0.2) is 0 Å². The fraction of sp³-hybridized carbons (Fsp3) is 0.625. The van der Waals surface area contributed by atoms with Crippen molar-refractivity contribution in [3.8, 4) is 0 Å². The fourth-order valence-electron chi connectivity index (χ4n) is 2.17. The van der Waals surface area contributed by atoms with E-state index in [1.165, 1.54) is 19.3 Å². The molecule has 0 fully saturated rings. The van der Waals surface area contributed by atoms with Crippen LogP contribution in [0.3, 0.4) is 0 Å². The van der Waals surface area contributed by atoms with Crippen molar-refractivity contribution in [1.29, 1.82) is 0 Å². The molecule has 0 aliphatic carbocycles. The van der Waals surface area contributed by atoms with Gasteiger partial charge in [-0.15, -0.1) is 0 Å². The van der Waals surface area contributed by atoms with Crippen molar-refractivity contribution in [2.24, 2.45) is 11.7 Å². The lowest BCUT2D eigenvalue weighted by Crippen LogP contribution is -2.20. The Bertz CT molecular complexity index is 356. The largest absolute Gasteiger partial charge is 0.372 e. The second kappa shape index (κ2) is 9.35. The first-order valence-corrected chi connectivity index (χ1v) is 7.66. The lowest BCUT2D eigenvalue weighted by atomic mass is 10.0. The number of rotatable bonds is 9. The molecule has 0 saturated carbocycles. The summed E-state index contributed by atoms with van der Waals surface area (Å²) in [7, 11) is 0. The maximum absolute atomic E-state index is 6.19. The third-order valence-electron chi connectivity index (χ3n) is 3.54. The summed E-state index contributed by atoms with van der Waals surface area (Å²) in [6.45, 7) is 5.67. The molecule has 0 heterocycles. The summed E-state index contributed by atoms with van der Waals surface area (Å²) in [5, 5.41) is 0.736. The van der Waals surface area contributed by atoms with Crippen molar-refractivity contribution in [3.63, 3.8) is 0 Å². The number of ether oxygens (including phenoxy) is 1. The molecule has 0 aliphatic rings. The van der Waals surface area contributed by atoms with E-state index in [0.717, 1.165) is 23.6 Å². The van der Waals surface area contributed by atoms with Crippen LogP contribution in [0.15, 0.2) is 24.3 Å². The van der Waals surface area contributed by atoms with Crippen molar-refractivity contribution >= 4 is 11.6 Å². The molecule has 2 nitrogen and oxygen atoms in total. The van der Waals surface area contributed by atoms with Gasteiger partial charge in [-0.1, -0.05) is 62.9 Å². The maximum Gasteiger partial charge on any atom is 0.0961 e. The Morgan fingerprint density at radius 1 is 1.26 bits per heavy atom. The van der Waals surface area contributed by atoms with Crippen LogP contribution in [0.4, 0.5) is 0 Å². The summed E-state index contributed by atoms with van der Waals surface area (Å²) in [5.74, 6) is 0.622. The van der Waals surface area contributed by atoms with E-state index in [2.05, 4.69) is 13.8 Å². The SMILES string of the molecule is CCCCC(CC)COC(CN)c1ccccc1Cl. The maximum atomic E-state index is 6.19. The molecule has 0 aromatic heterocycles. The van der Waals surface area contributed by atoms with Crippen molar-refractivity contribution in [1.82, 2.24) is 0 Å². The average molecular weight is 284 g/mol. The number of hydrogen-bond donors (Lipinski definition) is 1. The average Bonchev–Trinajstić information content (AvgIpc) is 2.44. The molecule has 0 bridgehead atoms. The second-order valence-electron chi connectivity index (χ2n) is 5.00. The number of nitrogens with two attached hydrogens (primary N) is 1. The quantitative estimate of drug-likeness (QED) is 0.720. The van der Waals surface area contributed by atoms with E-state index in [9.17, 15) is 0 Å².